The summed E-state index contributed by atoms with van der Waals surface area (Å²) in [5, 5.41) is 9.69. The SMILES string of the molecule is Cc1nn(-c2ccccc2)c(Oc2ccccc2)c1/C=C1\CCC/C(=C\c2c(C)nn(-c3ccccc3)c2Oc2ccccc2)C1=O. The summed E-state index contributed by atoms with van der Waals surface area (Å²) < 4.78 is 16.5. The van der Waals surface area contributed by atoms with Crippen LogP contribution in [0.2, 0.25) is 0 Å². The number of nitrogens with zero attached hydrogens (tertiary/aromatic N) is 4. The van der Waals surface area contributed by atoms with Gasteiger partial charge in [0.15, 0.2) is 5.78 Å². The molecule has 1 aliphatic rings. The Morgan fingerprint density at radius 1 is 0.553 bits per heavy atom. The number of hydrogen-bond acceptors (Lipinski definition) is 5. The van der Waals surface area contributed by atoms with E-state index in [0.717, 1.165) is 51.5 Å². The highest BCUT2D eigenvalue weighted by atomic mass is 16.5. The highest BCUT2D eigenvalue weighted by molar-refractivity contribution is 6.14. The molecule has 4 aromatic carbocycles. The lowest BCUT2D eigenvalue weighted by Crippen LogP contribution is -2.12. The van der Waals surface area contributed by atoms with Crippen LogP contribution in [0.5, 0.6) is 23.3 Å². The van der Waals surface area contributed by atoms with Crippen molar-refractivity contribution in [1.82, 2.24) is 19.6 Å². The molecule has 2 aromatic heterocycles. The first-order chi connectivity index (χ1) is 23.0. The van der Waals surface area contributed by atoms with Crippen molar-refractivity contribution in [1.29, 1.82) is 0 Å². The number of ether oxygens (including phenoxy) is 2. The molecule has 6 aromatic rings. The third-order valence-electron chi connectivity index (χ3n) is 8.15. The molecule has 0 saturated heterocycles. The van der Waals surface area contributed by atoms with Gasteiger partial charge in [0.2, 0.25) is 11.8 Å². The molecule has 1 saturated carbocycles. The number of carbonyl (C=O) groups is 1. The summed E-state index contributed by atoms with van der Waals surface area (Å²) in [6, 6.07) is 39.0. The van der Waals surface area contributed by atoms with Gasteiger partial charge in [0, 0.05) is 11.1 Å². The Bertz CT molecular complexity index is 1930. The van der Waals surface area contributed by atoms with Gasteiger partial charge in [0.25, 0.3) is 0 Å². The number of allylic oxidation sites excluding steroid dienone is 2. The number of para-hydroxylation sites is 4. The fraction of sp³-hybridized carbons (Fsp3) is 0.125. The Balaban J connectivity index is 1.29. The molecule has 0 radical (unpaired) electrons. The van der Waals surface area contributed by atoms with Gasteiger partial charge in [0.05, 0.1) is 33.9 Å². The van der Waals surface area contributed by atoms with Crippen LogP contribution < -0.4 is 9.47 Å². The number of benzene rings is 4. The van der Waals surface area contributed by atoms with Gasteiger partial charge >= 0.3 is 0 Å². The molecule has 2 heterocycles. The maximum Gasteiger partial charge on any atom is 0.230 e. The molecule has 0 spiro atoms. The summed E-state index contributed by atoms with van der Waals surface area (Å²) in [7, 11) is 0. The molecule has 1 fully saturated rings. The molecule has 7 rings (SSSR count). The van der Waals surface area contributed by atoms with Crippen molar-refractivity contribution in [3.63, 3.8) is 0 Å². The molecule has 7 nitrogen and oxygen atoms in total. The van der Waals surface area contributed by atoms with Gasteiger partial charge in [-0.05, 0) is 93.8 Å². The Labute approximate surface area is 274 Å². The molecule has 0 aliphatic heterocycles. The van der Waals surface area contributed by atoms with Crippen molar-refractivity contribution in [2.75, 3.05) is 0 Å². The Morgan fingerprint density at radius 3 is 1.30 bits per heavy atom. The smallest absolute Gasteiger partial charge is 0.230 e. The van der Waals surface area contributed by atoms with E-state index in [1.165, 1.54) is 0 Å². The van der Waals surface area contributed by atoms with Gasteiger partial charge < -0.3 is 9.47 Å². The molecule has 47 heavy (non-hydrogen) atoms. The summed E-state index contributed by atoms with van der Waals surface area (Å²) in [5.41, 5.74) is 6.29. The highest BCUT2D eigenvalue weighted by Gasteiger charge is 2.26. The second-order valence-electron chi connectivity index (χ2n) is 11.5. The minimum absolute atomic E-state index is 0.00583. The monoisotopic (exact) mass is 618 g/mol. The molecular weight excluding hydrogens is 584 g/mol. The second kappa shape index (κ2) is 13.2. The molecule has 0 N–H and O–H groups in total. The van der Waals surface area contributed by atoms with E-state index >= 15 is 0 Å². The minimum Gasteiger partial charge on any atom is -0.438 e. The van der Waals surface area contributed by atoms with E-state index in [0.29, 0.717) is 36.1 Å². The number of ketones is 1. The van der Waals surface area contributed by atoms with E-state index in [9.17, 15) is 4.79 Å². The zero-order chi connectivity index (χ0) is 32.2. The van der Waals surface area contributed by atoms with Crippen LogP contribution in [-0.2, 0) is 4.79 Å². The predicted molar refractivity (Wildman–Crippen MR) is 184 cm³/mol. The first-order valence-electron chi connectivity index (χ1n) is 15.8. The number of hydrogen-bond donors (Lipinski definition) is 0. The van der Waals surface area contributed by atoms with Crippen LogP contribution in [0.25, 0.3) is 23.5 Å². The number of aromatic nitrogens is 4. The van der Waals surface area contributed by atoms with E-state index in [4.69, 9.17) is 19.7 Å². The van der Waals surface area contributed by atoms with Gasteiger partial charge in [-0.1, -0.05) is 72.8 Å². The Kier molecular flexibility index (Phi) is 8.35. The first-order valence-corrected chi connectivity index (χ1v) is 15.8. The van der Waals surface area contributed by atoms with Crippen molar-refractivity contribution in [2.45, 2.75) is 33.1 Å². The van der Waals surface area contributed by atoms with Crippen LogP contribution in [-0.4, -0.2) is 25.3 Å². The van der Waals surface area contributed by atoms with E-state index in [-0.39, 0.29) is 5.78 Å². The fourth-order valence-corrected chi connectivity index (χ4v) is 5.78. The minimum atomic E-state index is 0.00583. The number of rotatable bonds is 8. The third-order valence-corrected chi connectivity index (χ3v) is 8.15. The molecule has 0 amide bonds. The van der Waals surface area contributed by atoms with Crippen LogP contribution in [0.15, 0.2) is 132 Å². The van der Waals surface area contributed by atoms with E-state index < -0.39 is 0 Å². The van der Waals surface area contributed by atoms with E-state index in [1.54, 1.807) is 9.36 Å². The lowest BCUT2D eigenvalue weighted by molar-refractivity contribution is -0.112. The molecule has 232 valence electrons. The molecular formula is C40H34N4O3. The summed E-state index contributed by atoms with van der Waals surface area (Å²) in [4.78, 5) is 14.2. The standard InChI is InChI=1S/C40H34N4O3/c1-28-36(39(46-34-22-11-5-12-23-34)43(41-28)32-18-7-3-8-19-32)26-30-16-15-17-31(38(30)45)27-37-29(2)42-44(33-20-9-4-10-21-33)40(37)47-35-24-13-6-14-25-35/h3-14,18-27H,15-17H2,1-2H3/b30-26+,31-27+. The number of carbonyl (C=O) groups excluding carboxylic acids is 1. The van der Waals surface area contributed by atoms with Gasteiger partial charge in [0.1, 0.15) is 11.5 Å². The lowest BCUT2D eigenvalue weighted by atomic mass is 9.87. The average Bonchev–Trinajstić information content (AvgIpc) is 3.58. The maximum absolute atomic E-state index is 14.2. The third kappa shape index (κ3) is 6.29. The van der Waals surface area contributed by atoms with Gasteiger partial charge in [-0.2, -0.15) is 19.6 Å². The van der Waals surface area contributed by atoms with Crippen molar-refractivity contribution in [2.24, 2.45) is 0 Å². The number of aryl methyl sites for hydroxylation is 2. The summed E-state index contributed by atoms with van der Waals surface area (Å²) in [6.07, 6.45) is 6.07. The highest BCUT2D eigenvalue weighted by Crippen LogP contribution is 2.37. The topological polar surface area (TPSA) is 71.2 Å². The van der Waals surface area contributed by atoms with Crippen molar-refractivity contribution >= 4 is 17.9 Å². The largest absolute Gasteiger partial charge is 0.438 e. The molecule has 7 heteroatoms. The fourth-order valence-electron chi connectivity index (χ4n) is 5.78. The molecule has 0 unspecified atom stereocenters. The summed E-state index contributed by atoms with van der Waals surface area (Å²) in [5.74, 6) is 2.52. The van der Waals surface area contributed by atoms with E-state index in [1.807, 2.05) is 147 Å². The van der Waals surface area contributed by atoms with Crippen molar-refractivity contribution < 1.29 is 14.3 Å². The van der Waals surface area contributed by atoms with Crippen LogP contribution in [0.3, 0.4) is 0 Å². The van der Waals surface area contributed by atoms with Crippen LogP contribution >= 0.6 is 0 Å². The number of Topliss-reactive ketones (excluding diaryl/α,β-unsaturated/α-hetero) is 1. The van der Waals surface area contributed by atoms with Crippen LogP contribution in [0.4, 0.5) is 0 Å². The Morgan fingerprint density at radius 2 is 0.915 bits per heavy atom. The average molecular weight is 619 g/mol. The van der Waals surface area contributed by atoms with Crippen LogP contribution in [0.1, 0.15) is 41.8 Å². The normalized spacial score (nSPS) is 14.9. The zero-order valence-electron chi connectivity index (χ0n) is 26.3. The first kappa shape index (κ1) is 29.7. The van der Waals surface area contributed by atoms with Crippen molar-refractivity contribution in [3.8, 4) is 34.6 Å². The van der Waals surface area contributed by atoms with Crippen molar-refractivity contribution in [3.05, 3.63) is 155 Å². The quantitative estimate of drug-likeness (QED) is 0.159. The molecule has 1 aliphatic carbocycles. The molecule has 0 atom stereocenters. The Hall–Kier alpha value is -5.95. The van der Waals surface area contributed by atoms with E-state index in [2.05, 4.69) is 0 Å². The zero-order valence-corrected chi connectivity index (χ0v) is 26.3. The van der Waals surface area contributed by atoms with Gasteiger partial charge in [-0.25, -0.2) is 0 Å². The second-order valence-corrected chi connectivity index (χ2v) is 11.5. The van der Waals surface area contributed by atoms with Crippen LogP contribution in [0, 0.1) is 13.8 Å². The lowest BCUT2D eigenvalue weighted by Gasteiger charge is -2.17. The summed E-state index contributed by atoms with van der Waals surface area (Å²) in [6.45, 7) is 3.89. The molecule has 0 bridgehead atoms. The van der Waals surface area contributed by atoms with Gasteiger partial charge in [-0.3, -0.25) is 4.79 Å². The van der Waals surface area contributed by atoms with Gasteiger partial charge in [-0.15, -0.1) is 0 Å². The maximum atomic E-state index is 14.2. The summed E-state index contributed by atoms with van der Waals surface area (Å²) >= 11 is 0. The predicted octanol–water partition coefficient (Wildman–Crippen LogP) is 9.48.